The Morgan fingerprint density at radius 3 is 3.06 bits per heavy atom. The van der Waals surface area contributed by atoms with E-state index in [1.807, 2.05) is 30.3 Å². The van der Waals surface area contributed by atoms with Crippen molar-refractivity contribution >= 4 is 22.0 Å². The molecule has 1 unspecified atom stereocenters. The molecule has 1 aromatic heterocycles. The Morgan fingerprint density at radius 1 is 1.31 bits per heavy atom. The van der Waals surface area contributed by atoms with E-state index in [1.54, 1.807) is 6.26 Å². The molecular formula is C12H9NO2S. The van der Waals surface area contributed by atoms with E-state index in [0.29, 0.717) is 0 Å². The molecule has 0 N–H and O–H groups in total. The van der Waals surface area contributed by atoms with Crippen molar-refractivity contribution in [3.05, 3.63) is 47.9 Å². The molecule has 1 aliphatic heterocycles. The lowest BCUT2D eigenvalue weighted by atomic mass is 10.1. The van der Waals surface area contributed by atoms with Gasteiger partial charge >= 0.3 is 0 Å². The Kier molecular flexibility index (Phi) is 2.22. The van der Waals surface area contributed by atoms with Crippen molar-refractivity contribution in [1.29, 1.82) is 0 Å². The number of rotatable bonds is 2. The number of hydrogen-bond acceptors (Lipinski definition) is 3. The quantitative estimate of drug-likeness (QED) is 0.797. The Morgan fingerprint density at radius 2 is 2.25 bits per heavy atom. The van der Waals surface area contributed by atoms with Gasteiger partial charge in [0.05, 0.1) is 33.2 Å². The first-order chi connectivity index (χ1) is 7.83. The SMILES string of the molecule is O=S1C=Nc2ccc(Cc3ccco3)cc21. The van der Waals surface area contributed by atoms with E-state index in [0.717, 1.165) is 28.3 Å². The van der Waals surface area contributed by atoms with Gasteiger partial charge in [-0.25, -0.2) is 9.20 Å². The number of benzene rings is 1. The van der Waals surface area contributed by atoms with Crippen molar-refractivity contribution in [2.45, 2.75) is 11.3 Å². The summed E-state index contributed by atoms with van der Waals surface area (Å²) in [5.74, 6) is 0.907. The summed E-state index contributed by atoms with van der Waals surface area (Å²) in [6.07, 6.45) is 2.38. The van der Waals surface area contributed by atoms with E-state index in [4.69, 9.17) is 4.42 Å². The summed E-state index contributed by atoms with van der Waals surface area (Å²) in [6, 6.07) is 9.61. The van der Waals surface area contributed by atoms with Crippen LogP contribution in [0.25, 0.3) is 0 Å². The topological polar surface area (TPSA) is 42.6 Å². The molecule has 0 saturated heterocycles. The zero-order valence-electron chi connectivity index (χ0n) is 8.42. The molecule has 1 aromatic carbocycles. The van der Waals surface area contributed by atoms with Crippen LogP contribution in [0.5, 0.6) is 0 Å². The normalized spacial score (nSPS) is 17.6. The monoisotopic (exact) mass is 231 g/mol. The first kappa shape index (κ1) is 9.54. The maximum absolute atomic E-state index is 11.6. The smallest absolute Gasteiger partial charge is 0.108 e. The second-order valence-electron chi connectivity index (χ2n) is 3.59. The molecule has 2 aromatic rings. The van der Waals surface area contributed by atoms with E-state index in [9.17, 15) is 4.21 Å². The highest BCUT2D eigenvalue weighted by atomic mass is 32.2. The lowest BCUT2D eigenvalue weighted by Crippen LogP contribution is -1.90. The van der Waals surface area contributed by atoms with Gasteiger partial charge in [0, 0.05) is 6.42 Å². The fourth-order valence-corrected chi connectivity index (χ4v) is 2.63. The molecule has 3 nitrogen and oxygen atoms in total. The maximum Gasteiger partial charge on any atom is 0.108 e. The van der Waals surface area contributed by atoms with Crippen LogP contribution in [0.15, 0.2) is 50.9 Å². The van der Waals surface area contributed by atoms with E-state index in [-0.39, 0.29) is 0 Å². The van der Waals surface area contributed by atoms with Crippen LogP contribution in [-0.4, -0.2) is 9.76 Å². The summed E-state index contributed by atoms with van der Waals surface area (Å²) in [7, 11) is -1.08. The van der Waals surface area contributed by atoms with Gasteiger partial charge in [-0.3, -0.25) is 0 Å². The van der Waals surface area contributed by atoms with Gasteiger partial charge in [-0.1, -0.05) is 6.07 Å². The highest BCUT2D eigenvalue weighted by molar-refractivity contribution is 7.99. The van der Waals surface area contributed by atoms with Crippen molar-refractivity contribution in [2.75, 3.05) is 0 Å². The minimum atomic E-state index is -1.08. The Hall–Kier alpha value is -1.68. The van der Waals surface area contributed by atoms with Crippen LogP contribution in [0.3, 0.4) is 0 Å². The average molecular weight is 231 g/mol. The molecule has 0 saturated carbocycles. The van der Waals surface area contributed by atoms with Crippen molar-refractivity contribution in [2.24, 2.45) is 4.99 Å². The van der Waals surface area contributed by atoms with Crippen molar-refractivity contribution in [3.63, 3.8) is 0 Å². The molecule has 0 bridgehead atoms. The minimum Gasteiger partial charge on any atom is -0.469 e. The van der Waals surface area contributed by atoms with Crippen molar-refractivity contribution < 1.29 is 8.63 Å². The second kappa shape index (κ2) is 3.72. The van der Waals surface area contributed by atoms with Crippen LogP contribution in [0, 0.1) is 0 Å². The summed E-state index contributed by atoms with van der Waals surface area (Å²) in [6.45, 7) is 0. The highest BCUT2D eigenvalue weighted by Crippen LogP contribution is 2.28. The zero-order valence-corrected chi connectivity index (χ0v) is 9.24. The molecule has 0 amide bonds. The summed E-state index contributed by atoms with van der Waals surface area (Å²) in [5.41, 5.74) is 3.37. The summed E-state index contributed by atoms with van der Waals surface area (Å²) >= 11 is 0. The summed E-state index contributed by atoms with van der Waals surface area (Å²) in [4.78, 5) is 4.87. The zero-order chi connectivity index (χ0) is 11.0. The molecule has 0 aliphatic carbocycles. The predicted octanol–water partition coefficient (Wildman–Crippen LogP) is 2.65. The van der Waals surface area contributed by atoms with Crippen LogP contribution in [-0.2, 0) is 17.2 Å². The third kappa shape index (κ3) is 1.61. The lowest BCUT2D eigenvalue weighted by Gasteiger charge is -2.01. The average Bonchev–Trinajstić information content (AvgIpc) is 2.90. The maximum atomic E-state index is 11.6. The van der Waals surface area contributed by atoms with Crippen LogP contribution in [0.1, 0.15) is 11.3 Å². The Labute approximate surface area is 95.3 Å². The van der Waals surface area contributed by atoms with Crippen molar-refractivity contribution in [3.8, 4) is 0 Å². The molecule has 1 atom stereocenters. The molecule has 2 heterocycles. The highest BCUT2D eigenvalue weighted by Gasteiger charge is 2.14. The van der Waals surface area contributed by atoms with Gasteiger partial charge in [0.1, 0.15) is 5.76 Å². The number of furan rings is 1. The Balaban J connectivity index is 1.94. The van der Waals surface area contributed by atoms with Gasteiger partial charge in [0.25, 0.3) is 0 Å². The number of aliphatic imine (C=N–C) groups is 1. The summed E-state index contributed by atoms with van der Waals surface area (Å²) in [5, 5.41) is 0. The molecule has 0 radical (unpaired) electrons. The minimum absolute atomic E-state index is 0.720. The van der Waals surface area contributed by atoms with Crippen LogP contribution in [0.4, 0.5) is 5.69 Å². The number of hydrogen-bond donors (Lipinski definition) is 0. The second-order valence-corrected chi connectivity index (χ2v) is 4.84. The van der Waals surface area contributed by atoms with Crippen LogP contribution < -0.4 is 0 Å². The molecule has 4 heteroatoms. The van der Waals surface area contributed by atoms with E-state index < -0.39 is 10.8 Å². The van der Waals surface area contributed by atoms with Gasteiger partial charge in [0.2, 0.25) is 0 Å². The van der Waals surface area contributed by atoms with Crippen molar-refractivity contribution in [1.82, 2.24) is 0 Å². The van der Waals surface area contributed by atoms with E-state index in [1.165, 1.54) is 5.55 Å². The molecular weight excluding hydrogens is 222 g/mol. The van der Waals surface area contributed by atoms with Crippen LogP contribution >= 0.6 is 0 Å². The number of nitrogens with zero attached hydrogens (tertiary/aromatic N) is 1. The molecule has 16 heavy (non-hydrogen) atoms. The molecule has 1 aliphatic rings. The largest absolute Gasteiger partial charge is 0.469 e. The van der Waals surface area contributed by atoms with E-state index >= 15 is 0 Å². The molecule has 0 spiro atoms. The predicted molar refractivity (Wildman–Crippen MR) is 62.5 cm³/mol. The number of fused-ring (bicyclic) bond motifs is 1. The van der Waals surface area contributed by atoms with Gasteiger partial charge in [-0.2, -0.15) is 0 Å². The molecule has 3 rings (SSSR count). The van der Waals surface area contributed by atoms with Gasteiger partial charge < -0.3 is 4.42 Å². The third-order valence-electron chi connectivity index (χ3n) is 2.49. The third-order valence-corrected chi connectivity index (χ3v) is 3.54. The fraction of sp³-hybridized carbons (Fsp3) is 0.0833. The first-order valence-electron chi connectivity index (χ1n) is 4.93. The van der Waals surface area contributed by atoms with E-state index in [2.05, 4.69) is 4.99 Å². The van der Waals surface area contributed by atoms with Gasteiger partial charge in [-0.15, -0.1) is 0 Å². The summed E-state index contributed by atoms with van der Waals surface area (Å²) < 4.78 is 16.8. The van der Waals surface area contributed by atoms with Gasteiger partial charge in [-0.05, 0) is 29.8 Å². The van der Waals surface area contributed by atoms with Crippen LogP contribution in [0.2, 0.25) is 0 Å². The first-order valence-corrected chi connectivity index (χ1v) is 6.14. The van der Waals surface area contributed by atoms with Gasteiger partial charge in [0.15, 0.2) is 0 Å². The fourth-order valence-electron chi connectivity index (χ4n) is 1.71. The molecule has 80 valence electrons. The lowest BCUT2D eigenvalue weighted by molar-refractivity contribution is 0.521. The molecule has 0 fully saturated rings. The standard InChI is InChI=1S/C12H9NO2S/c14-16-8-13-11-4-3-9(7-12(11)16)6-10-2-1-5-15-10/h1-5,7-8H,6H2. The Bertz CT molecular complexity index is 573.